The molecule has 0 unspecified atom stereocenters. The van der Waals surface area contributed by atoms with Crippen molar-refractivity contribution < 1.29 is 22.5 Å². The SMILES string of the molecule is CCN(CC)S(=O)(=O)c1ccc(Cl)c(C(=O)OCc2cc(-c3ccccc3)on2)c1. The first kappa shape index (κ1) is 22.0. The van der Waals surface area contributed by atoms with E-state index < -0.39 is 16.0 Å². The van der Waals surface area contributed by atoms with Crippen molar-refractivity contribution in [3.05, 3.63) is 70.9 Å². The van der Waals surface area contributed by atoms with E-state index >= 15 is 0 Å². The van der Waals surface area contributed by atoms with E-state index in [9.17, 15) is 13.2 Å². The fourth-order valence-corrected chi connectivity index (χ4v) is 4.55. The van der Waals surface area contributed by atoms with Crippen LogP contribution >= 0.6 is 11.6 Å². The lowest BCUT2D eigenvalue weighted by Crippen LogP contribution is -2.30. The number of ether oxygens (including phenoxy) is 1. The molecule has 0 aliphatic heterocycles. The number of nitrogens with zero attached hydrogens (tertiary/aromatic N) is 2. The monoisotopic (exact) mass is 448 g/mol. The molecule has 158 valence electrons. The molecule has 1 heterocycles. The maximum atomic E-state index is 12.7. The lowest BCUT2D eigenvalue weighted by Gasteiger charge is -2.19. The molecule has 0 saturated carbocycles. The zero-order valence-electron chi connectivity index (χ0n) is 16.5. The summed E-state index contributed by atoms with van der Waals surface area (Å²) in [5.74, 6) is -0.201. The third-order valence-electron chi connectivity index (χ3n) is 4.47. The van der Waals surface area contributed by atoms with Gasteiger partial charge in [0.25, 0.3) is 0 Å². The van der Waals surface area contributed by atoms with E-state index in [1.807, 2.05) is 30.3 Å². The van der Waals surface area contributed by atoms with Crippen LogP contribution in [0.5, 0.6) is 0 Å². The van der Waals surface area contributed by atoms with Crippen molar-refractivity contribution in [2.75, 3.05) is 13.1 Å². The van der Waals surface area contributed by atoms with Crippen LogP contribution in [0.4, 0.5) is 0 Å². The number of carbonyl (C=O) groups is 1. The van der Waals surface area contributed by atoms with Crippen molar-refractivity contribution in [1.82, 2.24) is 9.46 Å². The molecule has 0 saturated heterocycles. The fourth-order valence-electron chi connectivity index (χ4n) is 2.87. The zero-order valence-corrected chi connectivity index (χ0v) is 18.1. The van der Waals surface area contributed by atoms with Gasteiger partial charge in [0.15, 0.2) is 5.76 Å². The van der Waals surface area contributed by atoms with Crippen LogP contribution in [-0.2, 0) is 21.4 Å². The Labute approximate surface area is 180 Å². The second kappa shape index (κ2) is 9.42. The Bertz CT molecular complexity index is 1130. The number of carbonyl (C=O) groups excluding carboxylic acids is 1. The lowest BCUT2D eigenvalue weighted by molar-refractivity contribution is 0.0464. The summed E-state index contributed by atoms with van der Waals surface area (Å²) < 4.78 is 37.3. The largest absolute Gasteiger partial charge is 0.455 e. The molecule has 0 bridgehead atoms. The van der Waals surface area contributed by atoms with Gasteiger partial charge in [0.2, 0.25) is 10.0 Å². The summed E-state index contributed by atoms with van der Waals surface area (Å²) in [5, 5.41) is 4.00. The Balaban J connectivity index is 1.75. The van der Waals surface area contributed by atoms with Crippen LogP contribution in [0, 0.1) is 0 Å². The smallest absolute Gasteiger partial charge is 0.340 e. The summed E-state index contributed by atoms with van der Waals surface area (Å²) in [6, 6.07) is 15.0. The molecule has 1 aromatic heterocycles. The summed E-state index contributed by atoms with van der Waals surface area (Å²) in [4.78, 5) is 12.5. The van der Waals surface area contributed by atoms with Gasteiger partial charge in [-0.1, -0.05) is 60.9 Å². The average Bonchev–Trinajstić information content (AvgIpc) is 3.22. The van der Waals surface area contributed by atoms with Crippen molar-refractivity contribution in [3.63, 3.8) is 0 Å². The third kappa shape index (κ3) is 4.72. The Hall–Kier alpha value is -2.68. The summed E-state index contributed by atoms with van der Waals surface area (Å²) >= 11 is 6.11. The molecule has 3 rings (SSSR count). The second-order valence-electron chi connectivity index (χ2n) is 6.36. The van der Waals surface area contributed by atoms with Gasteiger partial charge < -0.3 is 9.26 Å². The van der Waals surface area contributed by atoms with E-state index in [0.29, 0.717) is 24.5 Å². The van der Waals surface area contributed by atoms with Gasteiger partial charge in [0, 0.05) is 24.7 Å². The van der Waals surface area contributed by atoms with E-state index in [4.69, 9.17) is 20.9 Å². The number of hydrogen-bond acceptors (Lipinski definition) is 6. The van der Waals surface area contributed by atoms with Crippen LogP contribution in [0.1, 0.15) is 29.9 Å². The van der Waals surface area contributed by atoms with E-state index in [1.54, 1.807) is 19.9 Å². The molecule has 3 aromatic rings. The Morgan fingerprint density at radius 2 is 1.80 bits per heavy atom. The van der Waals surface area contributed by atoms with E-state index in [1.165, 1.54) is 22.5 Å². The Morgan fingerprint density at radius 3 is 2.47 bits per heavy atom. The molecule has 30 heavy (non-hydrogen) atoms. The molecule has 9 heteroatoms. The van der Waals surface area contributed by atoms with Crippen LogP contribution in [0.3, 0.4) is 0 Å². The van der Waals surface area contributed by atoms with Gasteiger partial charge in [-0.25, -0.2) is 13.2 Å². The minimum atomic E-state index is -3.73. The van der Waals surface area contributed by atoms with Crippen molar-refractivity contribution in [1.29, 1.82) is 0 Å². The summed E-state index contributed by atoms with van der Waals surface area (Å²) in [6.07, 6.45) is 0. The topological polar surface area (TPSA) is 89.7 Å². The highest BCUT2D eigenvalue weighted by Crippen LogP contribution is 2.25. The number of hydrogen-bond donors (Lipinski definition) is 0. The summed E-state index contributed by atoms with van der Waals surface area (Å²) in [6.45, 7) is 3.98. The van der Waals surface area contributed by atoms with Gasteiger partial charge in [0.1, 0.15) is 12.3 Å². The minimum absolute atomic E-state index is 0.0182. The highest BCUT2D eigenvalue weighted by Gasteiger charge is 2.24. The Morgan fingerprint density at radius 1 is 1.10 bits per heavy atom. The molecule has 0 aliphatic carbocycles. The highest BCUT2D eigenvalue weighted by atomic mass is 35.5. The first-order chi connectivity index (χ1) is 14.4. The number of esters is 1. The van der Waals surface area contributed by atoms with Gasteiger partial charge in [-0.2, -0.15) is 4.31 Å². The molecule has 0 fully saturated rings. The van der Waals surface area contributed by atoms with Crippen molar-refractivity contribution >= 4 is 27.6 Å². The van der Waals surface area contributed by atoms with Gasteiger partial charge in [0.05, 0.1) is 15.5 Å². The quantitative estimate of drug-likeness (QED) is 0.475. The van der Waals surface area contributed by atoms with Gasteiger partial charge in [-0.05, 0) is 18.2 Å². The molecule has 0 N–H and O–H groups in total. The van der Waals surface area contributed by atoms with Crippen molar-refractivity contribution in [3.8, 4) is 11.3 Å². The van der Waals surface area contributed by atoms with E-state index in [2.05, 4.69) is 5.16 Å². The lowest BCUT2D eigenvalue weighted by atomic mass is 10.2. The molecular weight excluding hydrogens is 428 g/mol. The fraction of sp³-hybridized carbons (Fsp3) is 0.238. The summed E-state index contributed by atoms with van der Waals surface area (Å²) in [7, 11) is -3.73. The van der Waals surface area contributed by atoms with Crippen LogP contribution < -0.4 is 0 Å². The van der Waals surface area contributed by atoms with Crippen LogP contribution in [0.15, 0.2) is 64.0 Å². The number of aromatic nitrogens is 1. The molecule has 0 aliphatic rings. The molecule has 2 aromatic carbocycles. The highest BCUT2D eigenvalue weighted by molar-refractivity contribution is 7.89. The molecular formula is C21H21ClN2O5S. The molecule has 0 radical (unpaired) electrons. The van der Waals surface area contributed by atoms with Crippen LogP contribution in [0.2, 0.25) is 5.02 Å². The van der Waals surface area contributed by atoms with Crippen molar-refractivity contribution in [2.24, 2.45) is 0 Å². The van der Waals surface area contributed by atoms with Gasteiger partial charge >= 0.3 is 5.97 Å². The molecule has 0 atom stereocenters. The first-order valence-electron chi connectivity index (χ1n) is 9.34. The number of rotatable bonds is 8. The first-order valence-corrected chi connectivity index (χ1v) is 11.2. The number of benzene rings is 2. The van der Waals surface area contributed by atoms with Crippen LogP contribution in [0.25, 0.3) is 11.3 Å². The predicted octanol–water partition coefficient (Wildman–Crippen LogP) is 4.38. The average molecular weight is 449 g/mol. The zero-order chi connectivity index (χ0) is 21.7. The summed E-state index contributed by atoms with van der Waals surface area (Å²) in [5.41, 5.74) is 1.24. The maximum absolute atomic E-state index is 12.7. The predicted molar refractivity (Wildman–Crippen MR) is 113 cm³/mol. The van der Waals surface area contributed by atoms with Crippen molar-refractivity contribution in [2.45, 2.75) is 25.3 Å². The van der Waals surface area contributed by atoms with E-state index in [-0.39, 0.29) is 22.1 Å². The van der Waals surface area contributed by atoms with E-state index in [0.717, 1.165) is 5.56 Å². The number of halogens is 1. The molecule has 7 nitrogen and oxygen atoms in total. The minimum Gasteiger partial charge on any atom is -0.455 e. The molecule has 0 amide bonds. The number of sulfonamides is 1. The maximum Gasteiger partial charge on any atom is 0.340 e. The van der Waals surface area contributed by atoms with Crippen LogP contribution in [-0.4, -0.2) is 36.9 Å². The Kier molecular flexibility index (Phi) is 6.91. The normalized spacial score (nSPS) is 11.6. The van der Waals surface area contributed by atoms with Gasteiger partial charge in [-0.3, -0.25) is 0 Å². The second-order valence-corrected chi connectivity index (χ2v) is 8.70. The standard InChI is InChI=1S/C21H21ClN2O5S/c1-3-24(4-2)30(26,27)17-10-11-19(22)18(13-17)21(25)28-14-16-12-20(29-23-16)15-8-6-5-7-9-15/h5-13H,3-4,14H2,1-2H3. The molecule has 0 spiro atoms. The van der Waals surface area contributed by atoms with Gasteiger partial charge in [-0.15, -0.1) is 0 Å². The third-order valence-corrected chi connectivity index (χ3v) is 6.84.